The number of halogens is 1. The van der Waals surface area contributed by atoms with E-state index in [1.807, 2.05) is 18.0 Å². The van der Waals surface area contributed by atoms with Crippen molar-refractivity contribution in [3.63, 3.8) is 0 Å². The molecule has 0 bridgehead atoms. The molecular weight excluding hydrogens is 243 g/mol. The second-order valence-electron chi connectivity index (χ2n) is 4.94. The third-order valence-corrected chi connectivity index (χ3v) is 3.57. The van der Waals surface area contributed by atoms with Gasteiger partial charge in [-0.05, 0) is 12.1 Å². The summed E-state index contributed by atoms with van der Waals surface area (Å²) in [4.78, 5) is 9.39. The number of nitrogens with zero attached hydrogens (tertiary/aromatic N) is 2. The molecule has 100 valence electrons. The maximum absolute atomic E-state index is 13.7. The van der Waals surface area contributed by atoms with Crippen LogP contribution in [-0.4, -0.2) is 29.6 Å². The SMILES string of the molecule is CN(CC1Cc2nc[nH]c2CN1)c1ccccc1F. The number of anilines is 1. The Morgan fingerprint density at radius 3 is 3.11 bits per heavy atom. The largest absolute Gasteiger partial charge is 0.371 e. The maximum atomic E-state index is 13.7. The van der Waals surface area contributed by atoms with Gasteiger partial charge in [-0.25, -0.2) is 9.37 Å². The van der Waals surface area contributed by atoms with Crippen molar-refractivity contribution in [3.05, 3.63) is 47.8 Å². The molecule has 0 amide bonds. The van der Waals surface area contributed by atoms with E-state index in [0.29, 0.717) is 11.7 Å². The van der Waals surface area contributed by atoms with Crippen molar-refractivity contribution in [1.29, 1.82) is 0 Å². The molecule has 0 radical (unpaired) electrons. The van der Waals surface area contributed by atoms with Gasteiger partial charge in [0.25, 0.3) is 0 Å². The molecule has 0 saturated carbocycles. The number of imidazole rings is 1. The normalized spacial score (nSPS) is 18.1. The first kappa shape index (κ1) is 12.2. The van der Waals surface area contributed by atoms with E-state index >= 15 is 0 Å². The Bertz CT molecular complexity index is 566. The zero-order valence-corrected chi connectivity index (χ0v) is 10.9. The fourth-order valence-electron chi connectivity index (χ4n) is 2.55. The molecule has 0 spiro atoms. The number of H-pyrrole nitrogens is 1. The van der Waals surface area contributed by atoms with Gasteiger partial charge >= 0.3 is 0 Å². The lowest BCUT2D eigenvalue weighted by atomic mass is 10.0. The number of benzene rings is 1. The highest BCUT2D eigenvalue weighted by Crippen LogP contribution is 2.19. The Morgan fingerprint density at radius 1 is 1.42 bits per heavy atom. The molecule has 2 aromatic rings. The highest BCUT2D eigenvalue weighted by molar-refractivity contribution is 5.47. The van der Waals surface area contributed by atoms with Crippen LogP contribution in [0.4, 0.5) is 10.1 Å². The number of hydrogen-bond donors (Lipinski definition) is 2. The molecule has 2 N–H and O–H groups in total. The van der Waals surface area contributed by atoms with Crippen LogP contribution in [0.15, 0.2) is 30.6 Å². The van der Waals surface area contributed by atoms with Gasteiger partial charge in [-0.1, -0.05) is 12.1 Å². The Morgan fingerprint density at radius 2 is 2.26 bits per heavy atom. The summed E-state index contributed by atoms with van der Waals surface area (Å²) in [5.41, 5.74) is 2.91. The summed E-state index contributed by atoms with van der Waals surface area (Å²) in [6.07, 6.45) is 2.60. The smallest absolute Gasteiger partial charge is 0.146 e. The average Bonchev–Trinajstić information content (AvgIpc) is 2.86. The Labute approximate surface area is 111 Å². The van der Waals surface area contributed by atoms with Crippen LogP contribution in [0.2, 0.25) is 0 Å². The Kier molecular flexibility index (Phi) is 3.21. The van der Waals surface area contributed by atoms with Gasteiger partial charge in [0, 0.05) is 32.6 Å². The number of likely N-dealkylation sites (N-methyl/N-ethyl adjacent to an activating group) is 1. The molecule has 1 aliphatic rings. The third-order valence-electron chi connectivity index (χ3n) is 3.57. The Hall–Kier alpha value is -1.88. The summed E-state index contributed by atoms with van der Waals surface area (Å²) in [6, 6.07) is 7.15. The zero-order valence-electron chi connectivity index (χ0n) is 10.9. The van der Waals surface area contributed by atoms with Gasteiger partial charge in [-0.15, -0.1) is 0 Å². The molecule has 2 heterocycles. The van der Waals surface area contributed by atoms with Crippen LogP contribution >= 0.6 is 0 Å². The van der Waals surface area contributed by atoms with Crippen molar-refractivity contribution in [3.8, 4) is 0 Å². The molecular formula is C14H17FN4. The Balaban J connectivity index is 1.68. The van der Waals surface area contributed by atoms with Crippen LogP contribution in [0.1, 0.15) is 11.4 Å². The van der Waals surface area contributed by atoms with E-state index in [0.717, 1.165) is 30.9 Å². The van der Waals surface area contributed by atoms with Crippen LogP contribution in [0.3, 0.4) is 0 Å². The fraction of sp³-hybridized carbons (Fsp3) is 0.357. The third kappa shape index (κ3) is 2.46. The summed E-state index contributed by atoms with van der Waals surface area (Å²) >= 11 is 0. The summed E-state index contributed by atoms with van der Waals surface area (Å²) in [5, 5.41) is 3.45. The summed E-state index contributed by atoms with van der Waals surface area (Å²) < 4.78 is 13.7. The number of aromatic nitrogens is 2. The van der Waals surface area contributed by atoms with Gasteiger partial charge in [0.1, 0.15) is 5.82 Å². The standard InChI is InChI=1S/C14H17FN4/c1-19(14-5-3-2-4-11(14)15)8-10-6-12-13(7-16-10)18-9-17-12/h2-5,9-10,16H,6-8H2,1H3,(H,17,18). The highest BCUT2D eigenvalue weighted by Gasteiger charge is 2.21. The minimum atomic E-state index is -0.179. The molecule has 1 aromatic heterocycles. The van der Waals surface area contributed by atoms with E-state index < -0.39 is 0 Å². The molecule has 3 rings (SSSR count). The molecule has 1 aliphatic heterocycles. The number of fused-ring (bicyclic) bond motifs is 1. The molecule has 4 nitrogen and oxygen atoms in total. The first-order valence-electron chi connectivity index (χ1n) is 6.44. The van der Waals surface area contributed by atoms with Gasteiger partial charge in [0.05, 0.1) is 23.4 Å². The number of hydrogen-bond acceptors (Lipinski definition) is 3. The number of nitrogens with one attached hydrogen (secondary N) is 2. The minimum Gasteiger partial charge on any atom is -0.371 e. The van der Waals surface area contributed by atoms with Crippen molar-refractivity contribution in [2.45, 2.75) is 19.0 Å². The molecule has 19 heavy (non-hydrogen) atoms. The summed E-state index contributed by atoms with van der Waals surface area (Å²) in [6.45, 7) is 1.55. The molecule has 1 unspecified atom stereocenters. The van der Waals surface area contributed by atoms with Gasteiger partial charge < -0.3 is 15.2 Å². The fourth-order valence-corrected chi connectivity index (χ4v) is 2.55. The monoisotopic (exact) mass is 260 g/mol. The molecule has 5 heteroatoms. The van der Waals surface area contributed by atoms with E-state index in [9.17, 15) is 4.39 Å². The van der Waals surface area contributed by atoms with Crippen LogP contribution in [0, 0.1) is 5.82 Å². The van der Waals surface area contributed by atoms with Gasteiger partial charge in [-0.2, -0.15) is 0 Å². The van der Waals surface area contributed by atoms with Crippen LogP contribution in [0.25, 0.3) is 0 Å². The zero-order chi connectivity index (χ0) is 13.2. The van der Waals surface area contributed by atoms with Crippen LogP contribution < -0.4 is 10.2 Å². The number of para-hydroxylation sites is 1. The van der Waals surface area contributed by atoms with Crippen LogP contribution in [0.5, 0.6) is 0 Å². The van der Waals surface area contributed by atoms with Gasteiger partial charge in [-0.3, -0.25) is 0 Å². The average molecular weight is 260 g/mol. The van der Waals surface area contributed by atoms with Crippen molar-refractivity contribution < 1.29 is 4.39 Å². The molecule has 0 fully saturated rings. The molecule has 1 aromatic carbocycles. The predicted molar refractivity (Wildman–Crippen MR) is 72.6 cm³/mol. The molecule has 0 aliphatic carbocycles. The van der Waals surface area contributed by atoms with Crippen molar-refractivity contribution >= 4 is 5.69 Å². The minimum absolute atomic E-state index is 0.179. The summed E-state index contributed by atoms with van der Waals surface area (Å²) in [5.74, 6) is -0.179. The van der Waals surface area contributed by atoms with E-state index in [1.165, 1.54) is 6.07 Å². The predicted octanol–water partition coefficient (Wildman–Crippen LogP) is 1.70. The van der Waals surface area contributed by atoms with E-state index in [-0.39, 0.29) is 5.82 Å². The van der Waals surface area contributed by atoms with Gasteiger partial charge in [0.15, 0.2) is 0 Å². The van der Waals surface area contributed by atoms with E-state index in [4.69, 9.17) is 0 Å². The molecule has 0 saturated heterocycles. The second kappa shape index (κ2) is 5.01. The van der Waals surface area contributed by atoms with E-state index in [1.54, 1.807) is 18.5 Å². The van der Waals surface area contributed by atoms with Crippen molar-refractivity contribution in [2.75, 3.05) is 18.5 Å². The summed E-state index contributed by atoms with van der Waals surface area (Å²) in [7, 11) is 1.92. The number of rotatable bonds is 3. The van der Waals surface area contributed by atoms with Gasteiger partial charge in [0.2, 0.25) is 0 Å². The van der Waals surface area contributed by atoms with Crippen molar-refractivity contribution in [2.24, 2.45) is 0 Å². The first-order valence-corrected chi connectivity index (χ1v) is 6.44. The lowest BCUT2D eigenvalue weighted by Crippen LogP contribution is -2.43. The highest BCUT2D eigenvalue weighted by atomic mass is 19.1. The van der Waals surface area contributed by atoms with Crippen molar-refractivity contribution in [1.82, 2.24) is 15.3 Å². The van der Waals surface area contributed by atoms with E-state index in [2.05, 4.69) is 15.3 Å². The maximum Gasteiger partial charge on any atom is 0.146 e. The van der Waals surface area contributed by atoms with Crippen LogP contribution in [-0.2, 0) is 13.0 Å². The quantitative estimate of drug-likeness (QED) is 0.883. The lowest BCUT2D eigenvalue weighted by molar-refractivity contribution is 0.469. The lowest BCUT2D eigenvalue weighted by Gasteiger charge is -2.29. The number of aromatic amines is 1. The first-order chi connectivity index (χ1) is 9.24. The molecule has 1 atom stereocenters. The topological polar surface area (TPSA) is 44.0 Å². The second-order valence-corrected chi connectivity index (χ2v) is 4.94.